The number of methoxy groups -OCH3 is 1. The molecule has 1 aliphatic rings. The van der Waals surface area contributed by atoms with E-state index in [0.717, 1.165) is 50.6 Å². The second-order valence-corrected chi connectivity index (χ2v) is 5.65. The van der Waals surface area contributed by atoms with Crippen molar-refractivity contribution in [1.82, 2.24) is 9.80 Å². The zero-order chi connectivity index (χ0) is 15.8. The first-order valence-electron chi connectivity index (χ1n) is 8.11. The quantitative estimate of drug-likeness (QED) is 0.788. The maximum Gasteiger partial charge on any atom is 0.123 e. The van der Waals surface area contributed by atoms with Crippen LogP contribution in [0.15, 0.2) is 24.3 Å². The lowest BCUT2D eigenvalue weighted by molar-refractivity contribution is 0.0584. The summed E-state index contributed by atoms with van der Waals surface area (Å²) in [5.41, 5.74) is 0. The van der Waals surface area contributed by atoms with Crippen molar-refractivity contribution in [2.24, 2.45) is 0 Å². The molecule has 1 N–H and O–H groups in total. The molecule has 1 saturated heterocycles. The minimum atomic E-state index is 0.259. The smallest absolute Gasteiger partial charge is 0.123 e. The third-order valence-electron chi connectivity index (χ3n) is 4.32. The van der Waals surface area contributed by atoms with E-state index in [2.05, 4.69) is 16.7 Å². The second kappa shape index (κ2) is 8.98. The number of rotatable bonds is 8. The highest BCUT2D eigenvalue weighted by molar-refractivity contribution is 5.32. The first-order valence-corrected chi connectivity index (χ1v) is 8.11. The molecule has 1 aliphatic heterocycles. The molecule has 5 heteroatoms. The van der Waals surface area contributed by atoms with E-state index in [0.29, 0.717) is 12.6 Å². The van der Waals surface area contributed by atoms with Crippen LogP contribution in [0.2, 0.25) is 0 Å². The predicted molar refractivity (Wildman–Crippen MR) is 87.7 cm³/mol. The molecule has 0 spiro atoms. The Kier molecular flexibility index (Phi) is 6.96. The summed E-state index contributed by atoms with van der Waals surface area (Å²) in [6, 6.07) is 8.03. The number of hydrogen-bond acceptors (Lipinski definition) is 5. The molecular formula is C17H28N2O3. The predicted octanol–water partition coefficient (Wildman–Crippen LogP) is 1.46. The summed E-state index contributed by atoms with van der Waals surface area (Å²) in [5, 5.41) is 9.37. The van der Waals surface area contributed by atoms with Crippen LogP contribution in [0.5, 0.6) is 11.5 Å². The molecule has 1 heterocycles. The zero-order valence-electron chi connectivity index (χ0n) is 13.7. The molecule has 0 aromatic heterocycles. The lowest BCUT2D eigenvalue weighted by atomic mass is 10.1. The molecular weight excluding hydrogens is 280 g/mol. The SMILES string of the molecule is CCC(CO)N1CCN(CCOc2cccc(OC)c2)CC1. The number of ether oxygens (including phenoxy) is 2. The lowest BCUT2D eigenvalue weighted by Crippen LogP contribution is -2.51. The van der Waals surface area contributed by atoms with Crippen LogP contribution in [0.25, 0.3) is 0 Å². The van der Waals surface area contributed by atoms with Gasteiger partial charge in [0.25, 0.3) is 0 Å². The number of hydrogen-bond donors (Lipinski definition) is 1. The third-order valence-corrected chi connectivity index (χ3v) is 4.32. The lowest BCUT2D eigenvalue weighted by Gasteiger charge is -2.38. The van der Waals surface area contributed by atoms with E-state index in [4.69, 9.17) is 9.47 Å². The number of piperazine rings is 1. The summed E-state index contributed by atoms with van der Waals surface area (Å²) < 4.78 is 11.0. The normalized spacial score (nSPS) is 18.1. The number of aliphatic hydroxyl groups excluding tert-OH is 1. The molecule has 1 aromatic carbocycles. The van der Waals surface area contributed by atoms with Crippen LogP contribution in [0.1, 0.15) is 13.3 Å². The van der Waals surface area contributed by atoms with E-state index < -0.39 is 0 Å². The Morgan fingerprint density at radius 3 is 2.55 bits per heavy atom. The molecule has 124 valence electrons. The van der Waals surface area contributed by atoms with Gasteiger partial charge in [0.1, 0.15) is 18.1 Å². The summed E-state index contributed by atoms with van der Waals surface area (Å²) >= 11 is 0. The summed E-state index contributed by atoms with van der Waals surface area (Å²) in [7, 11) is 1.66. The van der Waals surface area contributed by atoms with Crippen molar-refractivity contribution in [3.05, 3.63) is 24.3 Å². The van der Waals surface area contributed by atoms with Crippen molar-refractivity contribution in [3.8, 4) is 11.5 Å². The molecule has 1 unspecified atom stereocenters. The van der Waals surface area contributed by atoms with Gasteiger partial charge in [0.15, 0.2) is 0 Å². The van der Waals surface area contributed by atoms with Crippen molar-refractivity contribution in [3.63, 3.8) is 0 Å². The monoisotopic (exact) mass is 308 g/mol. The minimum absolute atomic E-state index is 0.259. The molecule has 22 heavy (non-hydrogen) atoms. The topological polar surface area (TPSA) is 45.2 Å². The average Bonchev–Trinajstić information content (AvgIpc) is 2.57. The van der Waals surface area contributed by atoms with Gasteiger partial charge in [0.2, 0.25) is 0 Å². The molecule has 0 saturated carbocycles. The van der Waals surface area contributed by atoms with Crippen LogP contribution in [-0.2, 0) is 0 Å². The highest BCUT2D eigenvalue weighted by atomic mass is 16.5. The van der Waals surface area contributed by atoms with Gasteiger partial charge in [-0.2, -0.15) is 0 Å². The van der Waals surface area contributed by atoms with Crippen molar-refractivity contribution in [2.75, 3.05) is 53.0 Å². The van der Waals surface area contributed by atoms with Gasteiger partial charge in [0.05, 0.1) is 13.7 Å². The molecule has 1 atom stereocenters. The van der Waals surface area contributed by atoms with E-state index in [-0.39, 0.29) is 6.61 Å². The Morgan fingerprint density at radius 1 is 1.18 bits per heavy atom. The minimum Gasteiger partial charge on any atom is -0.497 e. The Labute approximate surface area is 133 Å². The fourth-order valence-corrected chi connectivity index (χ4v) is 2.84. The molecule has 0 bridgehead atoms. The van der Waals surface area contributed by atoms with Crippen LogP contribution in [0.4, 0.5) is 0 Å². The van der Waals surface area contributed by atoms with Crippen LogP contribution in [0, 0.1) is 0 Å². The molecule has 2 rings (SSSR count). The maximum atomic E-state index is 9.37. The van der Waals surface area contributed by atoms with E-state index in [1.54, 1.807) is 7.11 Å². The first kappa shape index (κ1) is 17.1. The van der Waals surface area contributed by atoms with E-state index in [1.807, 2.05) is 24.3 Å². The fraction of sp³-hybridized carbons (Fsp3) is 0.647. The third kappa shape index (κ3) is 4.87. The molecule has 1 aromatic rings. The number of aliphatic hydroxyl groups is 1. The van der Waals surface area contributed by atoms with Gasteiger partial charge in [-0.3, -0.25) is 9.80 Å². The average molecular weight is 308 g/mol. The van der Waals surface area contributed by atoms with Gasteiger partial charge in [-0.25, -0.2) is 0 Å². The fourth-order valence-electron chi connectivity index (χ4n) is 2.84. The maximum absolute atomic E-state index is 9.37. The van der Waals surface area contributed by atoms with Crippen molar-refractivity contribution < 1.29 is 14.6 Å². The second-order valence-electron chi connectivity index (χ2n) is 5.65. The van der Waals surface area contributed by atoms with Crippen molar-refractivity contribution in [2.45, 2.75) is 19.4 Å². The van der Waals surface area contributed by atoms with Crippen molar-refractivity contribution >= 4 is 0 Å². The Morgan fingerprint density at radius 2 is 1.91 bits per heavy atom. The van der Waals surface area contributed by atoms with Gasteiger partial charge in [0, 0.05) is 44.8 Å². The largest absolute Gasteiger partial charge is 0.497 e. The van der Waals surface area contributed by atoms with Crippen molar-refractivity contribution in [1.29, 1.82) is 0 Å². The van der Waals surface area contributed by atoms with Crippen LogP contribution in [-0.4, -0.2) is 74.0 Å². The van der Waals surface area contributed by atoms with E-state index >= 15 is 0 Å². The molecule has 5 nitrogen and oxygen atoms in total. The summed E-state index contributed by atoms with van der Waals surface area (Å²) in [4.78, 5) is 4.81. The molecule has 1 fully saturated rings. The van der Waals surface area contributed by atoms with Gasteiger partial charge in [-0.1, -0.05) is 13.0 Å². The standard InChI is InChI=1S/C17H28N2O3/c1-3-15(14-20)19-9-7-18(8-10-19)11-12-22-17-6-4-5-16(13-17)21-2/h4-6,13,15,20H,3,7-12,14H2,1-2H3. The van der Waals surface area contributed by atoms with Gasteiger partial charge in [-0.05, 0) is 18.6 Å². The number of benzene rings is 1. The van der Waals surface area contributed by atoms with Crippen LogP contribution < -0.4 is 9.47 Å². The Bertz CT molecular complexity index is 430. The summed E-state index contributed by atoms with van der Waals surface area (Å²) in [6.07, 6.45) is 1.01. The number of nitrogens with zero attached hydrogens (tertiary/aromatic N) is 2. The van der Waals surface area contributed by atoms with Gasteiger partial charge in [-0.15, -0.1) is 0 Å². The van der Waals surface area contributed by atoms with Crippen LogP contribution in [0.3, 0.4) is 0 Å². The first-order chi connectivity index (χ1) is 10.8. The Balaban J connectivity index is 1.68. The van der Waals surface area contributed by atoms with Crippen LogP contribution >= 0.6 is 0 Å². The molecule has 0 radical (unpaired) electrons. The molecule has 0 aliphatic carbocycles. The van der Waals surface area contributed by atoms with E-state index in [9.17, 15) is 5.11 Å². The van der Waals surface area contributed by atoms with Gasteiger partial charge >= 0.3 is 0 Å². The summed E-state index contributed by atoms with van der Waals surface area (Å²) in [5.74, 6) is 1.67. The highest BCUT2D eigenvalue weighted by Gasteiger charge is 2.21. The summed E-state index contributed by atoms with van der Waals surface area (Å²) in [6.45, 7) is 8.14. The zero-order valence-corrected chi connectivity index (χ0v) is 13.7. The van der Waals surface area contributed by atoms with Gasteiger partial charge < -0.3 is 14.6 Å². The highest BCUT2D eigenvalue weighted by Crippen LogP contribution is 2.18. The van der Waals surface area contributed by atoms with E-state index in [1.165, 1.54) is 0 Å². The Hall–Kier alpha value is -1.30. The molecule has 0 amide bonds.